The van der Waals surface area contributed by atoms with E-state index in [0.29, 0.717) is 5.56 Å². The second-order valence-corrected chi connectivity index (χ2v) is 3.01. The maximum atomic E-state index is 12.5. The molecular formula is C10H8ClFO. The molecule has 0 saturated carbocycles. The molecule has 0 radical (unpaired) electrons. The Bertz CT molecular complexity index is 340. The molecule has 0 aliphatic carbocycles. The summed E-state index contributed by atoms with van der Waals surface area (Å²) in [7, 11) is 0. The molecule has 0 heterocycles. The molecule has 1 nitrogen and oxygen atoms in total. The van der Waals surface area contributed by atoms with Crippen LogP contribution < -0.4 is 0 Å². The molecule has 0 unspecified atom stereocenters. The van der Waals surface area contributed by atoms with Crippen LogP contribution >= 0.6 is 11.6 Å². The fourth-order valence-corrected chi connectivity index (χ4v) is 0.933. The highest BCUT2D eigenvalue weighted by atomic mass is 35.5. The number of rotatable bonds is 2. The van der Waals surface area contributed by atoms with Gasteiger partial charge >= 0.3 is 0 Å². The summed E-state index contributed by atoms with van der Waals surface area (Å²) < 4.78 is 12.5. The van der Waals surface area contributed by atoms with E-state index in [4.69, 9.17) is 11.6 Å². The number of halogens is 2. The van der Waals surface area contributed by atoms with Gasteiger partial charge in [-0.25, -0.2) is 4.39 Å². The highest BCUT2D eigenvalue weighted by molar-refractivity contribution is 6.44. The molecule has 0 atom stereocenters. The Hall–Kier alpha value is -1.15. The summed E-state index contributed by atoms with van der Waals surface area (Å²) in [5, 5.41) is 0.145. The van der Waals surface area contributed by atoms with Crippen LogP contribution in [0.15, 0.2) is 29.3 Å². The molecule has 0 aliphatic rings. The molecule has 0 fully saturated rings. The fourth-order valence-electron chi connectivity index (χ4n) is 0.807. The predicted molar refractivity (Wildman–Crippen MR) is 50.9 cm³/mol. The summed E-state index contributed by atoms with van der Waals surface area (Å²) in [6.45, 7) is 1.38. The van der Waals surface area contributed by atoms with Gasteiger partial charge in [0.2, 0.25) is 0 Å². The van der Waals surface area contributed by atoms with Gasteiger partial charge in [0, 0.05) is 6.92 Å². The zero-order valence-electron chi connectivity index (χ0n) is 7.05. The van der Waals surface area contributed by atoms with E-state index in [1.54, 1.807) is 12.1 Å². The van der Waals surface area contributed by atoms with E-state index in [9.17, 15) is 9.18 Å². The van der Waals surface area contributed by atoms with Crippen LogP contribution in [0, 0.1) is 5.82 Å². The Morgan fingerprint density at radius 2 is 1.92 bits per heavy atom. The first-order chi connectivity index (χ1) is 6.09. The molecule has 0 aromatic heterocycles. The summed E-state index contributed by atoms with van der Waals surface area (Å²) in [6.07, 6.45) is 1.50. The molecular weight excluding hydrogens is 191 g/mol. The number of Topliss-reactive ketones (excluding diaryl/α,β-unsaturated/α-hetero) is 1. The molecule has 1 aromatic carbocycles. The quantitative estimate of drug-likeness (QED) is 0.668. The topological polar surface area (TPSA) is 17.1 Å². The van der Waals surface area contributed by atoms with Gasteiger partial charge in [0.25, 0.3) is 0 Å². The molecule has 0 amide bonds. The van der Waals surface area contributed by atoms with E-state index in [-0.39, 0.29) is 16.6 Å². The van der Waals surface area contributed by atoms with Gasteiger partial charge in [-0.05, 0) is 23.8 Å². The number of hydrogen-bond acceptors (Lipinski definition) is 1. The first-order valence-electron chi connectivity index (χ1n) is 3.73. The minimum atomic E-state index is -0.309. The number of allylic oxidation sites excluding steroid dienone is 1. The number of hydrogen-bond donors (Lipinski definition) is 0. The lowest BCUT2D eigenvalue weighted by Crippen LogP contribution is -1.88. The zero-order chi connectivity index (χ0) is 9.84. The lowest BCUT2D eigenvalue weighted by atomic mass is 10.2. The van der Waals surface area contributed by atoms with Crippen LogP contribution in [-0.2, 0) is 4.79 Å². The molecule has 0 saturated heterocycles. The molecule has 1 aromatic rings. The number of carbonyl (C=O) groups excluding carboxylic acids is 1. The van der Waals surface area contributed by atoms with Crippen molar-refractivity contribution in [1.29, 1.82) is 0 Å². The SMILES string of the molecule is CC(=O)/C(Cl)=C/c1ccc(F)cc1. The maximum absolute atomic E-state index is 12.5. The van der Waals surface area contributed by atoms with Gasteiger partial charge in [0.05, 0.1) is 5.03 Å². The van der Waals surface area contributed by atoms with Crippen molar-refractivity contribution >= 4 is 23.5 Å². The summed E-state index contributed by atoms with van der Waals surface area (Å²) in [5.41, 5.74) is 0.710. The predicted octanol–water partition coefficient (Wildman–Crippen LogP) is 2.99. The van der Waals surface area contributed by atoms with Gasteiger partial charge in [-0.1, -0.05) is 23.7 Å². The minimum Gasteiger partial charge on any atom is -0.294 e. The third kappa shape index (κ3) is 2.99. The van der Waals surface area contributed by atoms with Gasteiger partial charge in [-0.3, -0.25) is 4.79 Å². The average molecular weight is 199 g/mol. The second kappa shape index (κ2) is 4.19. The van der Waals surface area contributed by atoms with Gasteiger partial charge in [-0.15, -0.1) is 0 Å². The van der Waals surface area contributed by atoms with Gasteiger partial charge in [0.15, 0.2) is 5.78 Å². The van der Waals surface area contributed by atoms with Crippen molar-refractivity contribution in [3.8, 4) is 0 Å². The van der Waals surface area contributed by atoms with Crippen molar-refractivity contribution in [3.63, 3.8) is 0 Å². The lowest BCUT2D eigenvalue weighted by molar-refractivity contribution is -0.112. The van der Waals surface area contributed by atoms with Crippen molar-refractivity contribution in [3.05, 3.63) is 40.7 Å². The third-order valence-electron chi connectivity index (χ3n) is 1.50. The zero-order valence-corrected chi connectivity index (χ0v) is 7.81. The fraction of sp³-hybridized carbons (Fsp3) is 0.100. The third-order valence-corrected chi connectivity index (χ3v) is 1.87. The Morgan fingerprint density at radius 3 is 2.38 bits per heavy atom. The first kappa shape index (κ1) is 9.93. The van der Waals surface area contributed by atoms with Crippen molar-refractivity contribution in [2.45, 2.75) is 6.92 Å². The molecule has 1 rings (SSSR count). The van der Waals surface area contributed by atoms with Crippen LogP contribution in [0.25, 0.3) is 6.08 Å². The van der Waals surface area contributed by atoms with Crippen molar-refractivity contribution in [2.24, 2.45) is 0 Å². The van der Waals surface area contributed by atoms with Crippen molar-refractivity contribution < 1.29 is 9.18 Å². The van der Waals surface area contributed by atoms with Crippen molar-refractivity contribution in [1.82, 2.24) is 0 Å². The summed E-state index contributed by atoms with van der Waals surface area (Å²) in [6, 6.07) is 5.74. The van der Waals surface area contributed by atoms with E-state index in [1.165, 1.54) is 25.1 Å². The molecule has 0 bridgehead atoms. The molecule has 68 valence electrons. The Morgan fingerprint density at radius 1 is 1.38 bits per heavy atom. The smallest absolute Gasteiger partial charge is 0.171 e. The summed E-state index contributed by atoms with van der Waals surface area (Å²) in [5.74, 6) is -0.512. The number of ketones is 1. The molecule has 0 N–H and O–H groups in total. The highest BCUT2D eigenvalue weighted by Crippen LogP contribution is 2.11. The Labute approximate surface area is 80.8 Å². The minimum absolute atomic E-state index is 0.145. The van der Waals surface area contributed by atoms with E-state index >= 15 is 0 Å². The highest BCUT2D eigenvalue weighted by Gasteiger charge is 1.98. The maximum Gasteiger partial charge on any atom is 0.171 e. The van der Waals surface area contributed by atoms with Crippen LogP contribution in [0.5, 0.6) is 0 Å². The number of carbonyl (C=O) groups is 1. The van der Waals surface area contributed by atoms with Crippen LogP contribution in [0.2, 0.25) is 0 Å². The van der Waals surface area contributed by atoms with E-state index in [0.717, 1.165) is 0 Å². The molecule has 0 aliphatic heterocycles. The van der Waals surface area contributed by atoms with E-state index in [2.05, 4.69) is 0 Å². The molecule has 13 heavy (non-hydrogen) atoms. The largest absolute Gasteiger partial charge is 0.294 e. The Kier molecular flexibility index (Phi) is 3.20. The first-order valence-corrected chi connectivity index (χ1v) is 4.11. The lowest BCUT2D eigenvalue weighted by Gasteiger charge is -1.94. The Balaban J connectivity index is 2.92. The van der Waals surface area contributed by atoms with Crippen LogP contribution in [0.4, 0.5) is 4.39 Å². The van der Waals surface area contributed by atoms with Gasteiger partial charge in [-0.2, -0.15) is 0 Å². The second-order valence-electron chi connectivity index (χ2n) is 2.60. The standard InChI is InChI=1S/C10H8ClFO/c1-7(13)10(11)6-8-2-4-9(12)5-3-8/h2-6H,1H3/b10-6-. The normalized spacial score (nSPS) is 11.5. The number of benzene rings is 1. The molecule has 3 heteroatoms. The van der Waals surface area contributed by atoms with Gasteiger partial charge in [0.1, 0.15) is 5.82 Å². The summed E-state index contributed by atoms with van der Waals surface area (Å²) >= 11 is 5.61. The van der Waals surface area contributed by atoms with Crippen LogP contribution in [0.3, 0.4) is 0 Å². The van der Waals surface area contributed by atoms with Crippen LogP contribution in [0.1, 0.15) is 12.5 Å². The average Bonchev–Trinajstić information content (AvgIpc) is 2.08. The van der Waals surface area contributed by atoms with Gasteiger partial charge < -0.3 is 0 Å². The summed E-state index contributed by atoms with van der Waals surface area (Å²) in [4.78, 5) is 10.7. The molecule has 0 spiro atoms. The van der Waals surface area contributed by atoms with Crippen molar-refractivity contribution in [2.75, 3.05) is 0 Å². The van der Waals surface area contributed by atoms with E-state index < -0.39 is 0 Å². The van der Waals surface area contributed by atoms with Crippen LogP contribution in [-0.4, -0.2) is 5.78 Å². The van der Waals surface area contributed by atoms with E-state index in [1.807, 2.05) is 0 Å². The monoisotopic (exact) mass is 198 g/mol.